The van der Waals surface area contributed by atoms with Crippen LogP contribution in [0.1, 0.15) is 24.8 Å². The van der Waals surface area contributed by atoms with Crippen molar-refractivity contribution in [3.8, 4) is 0 Å². The number of fused-ring (bicyclic) bond motifs is 1. The molecule has 0 saturated carbocycles. The molecular weight excluding hydrogens is 372 g/mol. The second-order valence-corrected chi connectivity index (χ2v) is 8.09. The average Bonchev–Trinajstić information content (AvgIpc) is 3.33. The molecule has 2 aromatic rings. The number of benzene rings is 2. The fourth-order valence-corrected chi connectivity index (χ4v) is 4.72. The minimum Gasteiger partial charge on any atom is -0.385 e. The molecule has 2 amide bonds. The van der Waals surface area contributed by atoms with Gasteiger partial charge in [0, 0.05) is 44.4 Å². The van der Waals surface area contributed by atoms with Crippen molar-refractivity contribution in [3.63, 3.8) is 0 Å². The third kappa shape index (κ3) is 3.66. The molecule has 0 bridgehead atoms. The lowest BCUT2D eigenvalue weighted by Gasteiger charge is -2.20. The Morgan fingerprint density at radius 1 is 1.07 bits per heavy atom. The number of carbonyl (C=O) groups excluding carboxylic acids is 2. The van der Waals surface area contributed by atoms with E-state index in [4.69, 9.17) is 4.74 Å². The lowest BCUT2D eigenvalue weighted by molar-refractivity contribution is -0.122. The molecular formula is C22H24N2O3S. The highest BCUT2D eigenvalue weighted by atomic mass is 32.2. The summed E-state index contributed by atoms with van der Waals surface area (Å²) >= 11 is 1.02. The van der Waals surface area contributed by atoms with Crippen molar-refractivity contribution in [1.29, 1.82) is 0 Å². The highest BCUT2D eigenvalue weighted by Gasteiger charge is 2.34. The number of anilines is 1. The first-order chi connectivity index (χ1) is 13.7. The zero-order chi connectivity index (χ0) is 19.5. The Balaban J connectivity index is 1.65. The summed E-state index contributed by atoms with van der Waals surface area (Å²) in [7, 11) is 1.62. The van der Waals surface area contributed by atoms with Crippen LogP contribution in [-0.2, 0) is 9.53 Å². The number of rotatable bonds is 6. The molecule has 0 radical (unpaired) electrons. The number of hydrogen-bond donors (Lipinski definition) is 0. The zero-order valence-electron chi connectivity index (χ0n) is 16.0. The maximum Gasteiger partial charge on any atom is 0.293 e. The first-order valence-electron chi connectivity index (χ1n) is 9.70. The molecule has 2 fully saturated rings. The summed E-state index contributed by atoms with van der Waals surface area (Å²) in [5, 5.41) is 2.10. The van der Waals surface area contributed by atoms with E-state index >= 15 is 0 Å². The monoisotopic (exact) mass is 396 g/mol. The molecule has 0 aliphatic carbocycles. The van der Waals surface area contributed by atoms with Crippen molar-refractivity contribution in [1.82, 2.24) is 4.90 Å². The van der Waals surface area contributed by atoms with Crippen LogP contribution in [0, 0.1) is 0 Å². The topological polar surface area (TPSA) is 49.9 Å². The van der Waals surface area contributed by atoms with Crippen molar-refractivity contribution >= 4 is 45.4 Å². The quantitative estimate of drug-likeness (QED) is 0.531. The molecule has 0 spiro atoms. The second-order valence-electron chi connectivity index (χ2n) is 7.09. The van der Waals surface area contributed by atoms with Crippen LogP contribution in [0.15, 0.2) is 41.3 Å². The molecule has 2 aromatic carbocycles. The molecule has 0 N–H and O–H groups in total. The van der Waals surface area contributed by atoms with Gasteiger partial charge in [-0.05, 0) is 54.1 Å². The van der Waals surface area contributed by atoms with Crippen molar-refractivity contribution in [2.24, 2.45) is 0 Å². The summed E-state index contributed by atoms with van der Waals surface area (Å²) in [5.41, 5.74) is 2.22. The summed E-state index contributed by atoms with van der Waals surface area (Å²) in [6, 6.07) is 12.5. The number of imide groups is 1. The minimum absolute atomic E-state index is 0.203. The Hall–Kier alpha value is -2.31. The summed E-state index contributed by atoms with van der Waals surface area (Å²) in [6.45, 7) is 3.10. The third-order valence-electron chi connectivity index (χ3n) is 5.27. The maximum atomic E-state index is 12.7. The lowest BCUT2D eigenvalue weighted by atomic mass is 10.0. The predicted octanol–water partition coefficient (Wildman–Crippen LogP) is 4.51. The van der Waals surface area contributed by atoms with Gasteiger partial charge in [0.05, 0.1) is 4.91 Å². The Morgan fingerprint density at radius 3 is 2.57 bits per heavy atom. The molecule has 0 unspecified atom stereocenters. The standard InChI is InChI=1S/C22H24N2O3S/c1-27-14-6-13-24-21(25)20(28-22(24)26)15-16-9-10-19(23-11-4-5-12-23)18-8-3-2-7-17(16)18/h2-3,7-10,15H,4-6,11-14H2,1H3/b20-15+. The summed E-state index contributed by atoms with van der Waals surface area (Å²) < 4.78 is 5.02. The van der Waals surface area contributed by atoms with Gasteiger partial charge in [0.25, 0.3) is 11.1 Å². The van der Waals surface area contributed by atoms with E-state index in [-0.39, 0.29) is 11.1 Å². The van der Waals surface area contributed by atoms with Crippen LogP contribution in [-0.4, -0.2) is 49.4 Å². The maximum absolute atomic E-state index is 12.7. The van der Waals surface area contributed by atoms with Crippen LogP contribution < -0.4 is 4.90 Å². The van der Waals surface area contributed by atoms with Gasteiger partial charge in [-0.25, -0.2) is 0 Å². The largest absolute Gasteiger partial charge is 0.385 e. The van der Waals surface area contributed by atoms with Gasteiger partial charge in [-0.15, -0.1) is 0 Å². The minimum atomic E-state index is -0.209. The third-order valence-corrected chi connectivity index (χ3v) is 6.18. The van der Waals surface area contributed by atoms with Crippen molar-refractivity contribution < 1.29 is 14.3 Å². The van der Waals surface area contributed by atoms with E-state index in [1.165, 1.54) is 28.8 Å². The van der Waals surface area contributed by atoms with E-state index in [9.17, 15) is 9.59 Å². The average molecular weight is 397 g/mol. The molecule has 28 heavy (non-hydrogen) atoms. The molecule has 4 rings (SSSR count). The van der Waals surface area contributed by atoms with Crippen molar-refractivity contribution in [2.75, 3.05) is 38.3 Å². The van der Waals surface area contributed by atoms with Crippen LogP contribution >= 0.6 is 11.8 Å². The van der Waals surface area contributed by atoms with Crippen LogP contribution in [0.5, 0.6) is 0 Å². The summed E-state index contributed by atoms with van der Waals surface area (Å²) in [5.74, 6) is -0.209. The van der Waals surface area contributed by atoms with E-state index in [1.54, 1.807) is 7.11 Å². The van der Waals surface area contributed by atoms with Gasteiger partial charge >= 0.3 is 0 Å². The fourth-order valence-electron chi connectivity index (χ4n) is 3.87. The molecule has 2 saturated heterocycles. The molecule has 0 atom stereocenters. The van der Waals surface area contributed by atoms with Crippen LogP contribution in [0.3, 0.4) is 0 Å². The first-order valence-corrected chi connectivity index (χ1v) is 10.5. The van der Waals surface area contributed by atoms with Gasteiger partial charge in [0.1, 0.15) is 0 Å². The molecule has 2 aliphatic rings. The molecule has 6 heteroatoms. The van der Waals surface area contributed by atoms with E-state index in [1.807, 2.05) is 12.1 Å². The normalized spacial score (nSPS) is 18.8. The Labute approximate surface area is 169 Å². The van der Waals surface area contributed by atoms with Crippen molar-refractivity contribution in [2.45, 2.75) is 19.3 Å². The van der Waals surface area contributed by atoms with E-state index in [2.05, 4.69) is 35.2 Å². The van der Waals surface area contributed by atoms with Gasteiger partial charge in [-0.3, -0.25) is 14.5 Å². The Bertz CT molecular complexity index is 935. The van der Waals surface area contributed by atoms with E-state index in [0.717, 1.165) is 35.8 Å². The predicted molar refractivity (Wildman–Crippen MR) is 115 cm³/mol. The number of methoxy groups -OCH3 is 1. The molecule has 2 heterocycles. The summed E-state index contributed by atoms with van der Waals surface area (Å²) in [6.07, 6.45) is 4.96. The second kappa shape index (κ2) is 8.37. The van der Waals surface area contributed by atoms with Crippen molar-refractivity contribution in [3.05, 3.63) is 46.9 Å². The highest BCUT2D eigenvalue weighted by Crippen LogP contribution is 2.36. The number of hydrogen-bond acceptors (Lipinski definition) is 5. The smallest absolute Gasteiger partial charge is 0.293 e. The number of amides is 2. The SMILES string of the molecule is COCCCN1C(=O)S/C(=C/c2ccc(N3CCCC3)c3ccccc23)C1=O. The number of thioether (sulfide) groups is 1. The van der Waals surface area contributed by atoms with Crippen LogP contribution in [0.25, 0.3) is 16.8 Å². The van der Waals surface area contributed by atoms with Gasteiger partial charge in [0.15, 0.2) is 0 Å². The summed E-state index contributed by atoms with van der Waals surface area (Å²) in [4.78, 5) is 29.2. The fraction of sp³-hybridized carbons (Fsp3) is 0.364. The Morgan fingerprint density at radius 2 is 1.82 bits per heavy atom. The lowest BCUT2D eigenvalue weighted by Crippen LogP contribution is -2.29. The van der Waals surface area contributed by atoms with Gasteiger partial charge in [-0.2, -0.15) is 0 Å². The van der Waals surface area contributed by atoms with Gasteiger partial charge < -0.3 is 9.64 Å². The number of ether oxygens (including phenoxy) is 1. The first kappa shape index (κ1) is 19.0. The Kier molecular flexibility index (Phi) is 5.69. The van der Waals surface area contributed by atoms with Crippen LogP contribution in [0.4, 0.5) is 10.5 Å². The molecule has 2 aliphatic heterocycles. The van der Waals surface area contributed by atoms with E-state index < -0.39 is 0 Å². The van der Waals surface area contributed by atoms with Gasteiger partial charge in [0.2, 0.25) is 0 Å². The highest BCUT2D eigenvalue weighted by molar-refractivity contribution is 8.18. The molecule has 0 aromatic heterocycles. The van der Waals surface area contributed by atoms with Crippen LogP contribution in [0.2, 0.25) is 0 Å². The number of nitrogens with zero attached hydrogens (tertiary/aromatic N) is 2. The van der Waals surface area contributed by atoms with Gasteiger partial charge in [-0.1, -0.05) is 30.3 Å². The van der Waals surface area contributed by atoms with E-state index in [0.29, 0.717) is 24.5 Å². The molecule has 146 valence electrons. The zero-order valence-corrected chi connectivity index (χ0v) is 16.8. The number of carbonyl (C=O) groups is 2. The molecule has 5 nitrogen and oxygen atoms in total.